The minimum Gasteiger partial charge on any atom is -0.445 e. The molecule has 1 aliphatic rings. The Labute approximate surface area is 203 Å². The van der Waals surface area contributed by atoms with Gasteiger partial charge in [0.05, 0.1) is 5.92 Å². The van der Waals surface area contributed by atoms with Crippen molar-refractivity contribution in [2.75, 3.05) is 13.1 Å². The van der Waals surface area contributed by atoms with E-state index in [1.165, 1.54) is 24.3 Å². The molecule has 0 spiro atoms. The lowest BCUT2D eigenvalue weighted by atomic mass is 9.82. The van der Waals surface area contributed by atoms with E-state index in [1.807, 2.05) is 30.3 Å². The number of pyridine rings is 1. The summed E-state index contributed by atoms with van der Waals surface area (Å²) in [6.45, 7) is 1.06. The molecule has 1 unspecified atom stereocenters. The highest BCUT2D eigenvalue weighted by Gasteiger charge is 2.32. The number of aromatic nitrogens is 1. The third-order valence-corrected chi connectivity index (χ3v) is 6.37. The lowest BCUT2D eigenvalue weighted by Crippen LogP contribution is -2.40. The van der Waals surface area contributed by atoms with Gasteiger partial charge in [-0.2, -0.15) is 0 Å². The molecule has 1 aliphatic heterocycles. The Balaban J connectivity index is 1.36. The SMILES string of the molecule is O=C(CC(C(=O)c1ccc(F)cc1)c1ccncc1)C1CCN(C(=O)OCc2ccccc2)CC1. The number of ketones is 2. The Bertz CT molecular complexity index is 1140. The molecule has 1 aromatic heterocycles. The predicted octanol–water partition coefficient (Wildman–Crippen LogP) is 5.20. The molecule has 2 aromatic carbocycles. The molecular formula is C28H27FN2O4. The number of carbonyl (C=O) groups is 3. The maximum Gasteiger partial charge on any atom is 0.410 e. The molecule has 4 rings (SSSR count). The third-order valence-electron chi connectivity index (χ3n) is 6.37. The van der Waals surface area contributed by atoms with Gasteiger partial charge in [-0.15, -0.1) is 0 Å². The van der Waals surface area contributed by atoms with Gasteiger partial charge in [-0.05, 0) is 60.4 Å². The van der Waals surface area contributed by atoms with Gasteiger partial charge in [-0.25, -0.2) is 9.18 Å². The van der Waals surface area contributed by atoms with E-state index in [0.717, 1.165) is 5.56 Å². The number of benzene rings is 2. The zero-order valence-electron chi connectivity index (χ0n) is 19.3. The maximum absolute atomic E-state index is 13.3. The van der Waals surface area contributed by atoms with E-state index in [1.54, 1.807) is 29.4 Å². The second-order valence-corrected chi connectivity index (χ2v) is 8.68. The summed E-state index contributed by atoms with van der Waals surface area (Å²) < 4.78 is 18.7. The zero-order chi connectivity index (χ0) is 24.6. The number of halogens is 1. The van der Waals surface area contributed by atoms with Gasteiger partial charge < -0.3 is 9.64 Å². The highest BCUT2D eigenvalue weighted by Crippen LogP contribution is 2.29. The topological polar surface area (TPSA) is 76.6 Å². The Morgan fingerprint density at radius 2 is 1.60 bits per heavy atom. The van der Waals surface area contributed by atoms with Gasteiger partial charge in [0.1, 0.15) is 18.2 Å². The summed E-state index contributed by atoms with van der Waals surface area (Å²) >= 11 is 0. The minimum atomic E-state index is -0.676. The summed E-state index contributed by atoms with van der Waals surface area (Å²) in [6.07, 6.45) is 3.87. The van der Waals surface area contributed by atoms with Crippen LogP contribution in [0, 0.1) is 11.7 Å². The molecule has 7 heteroatoms. The van der Waals surface area contributed by atoms with E-state index in [0.29, 0.717) is 37.1 Å². The summed E-state index contributed by atoms with van der Waals surface area (Å²) in [5.74, 6) is -1.58. The zero-order valence-corrected chi connectivity index (χ0v) is 19.3. The number of ether oxygens (including phenoxy) is 1. The molecule has 0 radical (unpaired) electrons. The molecule has 1 amide bonds. The molecule has 1 atom stereocenters. The Morgan fingerprint density at radius 3 is 2.26 bits per heavy atom. The van der Waals surface area contributed by atoms with Crippen molar-refractivity contribution < 1.29 is 23.5 Å². The highest BCUT2D eigenvalue weighted by atomic mass is 19.1. The second-order valence-electron chi connectivity index (χ2n) is 8.68. The van der Waals surface area contributed by atoms with Crippen molar-refractivity contribution in [3.8, 4) is 0 Å². The Hall–Kier alpha value is -3.87. The number of nitrogens with zero attached hydrogens (tertiary/aromatic N) is 2. The first-order valence-electron chi connectivity index (χ1n) is 11.7. The van der Waals surface area contributed by atoms with Crippen LogP contribution >= 0.6 is 0 Å². The van der Waals surface area contributed by atoms with Gasteiger partial charge in [-0.1, -0.05) is 30.3 Å². The van der Waals surface area contributed by atoms with Crippen LogP contribution in [0.25, 0.3) is 0 Å². The van der Waals surface area contributed by atoms with Crippen LogP contribution in [-0.2, 0) is 16.1 Å². The molecule has 0 N–H and O–H groups in total. The number of carbonyl (C=O) groups excluding carboxylic acids is 3. The number of rotatable bonds is 8. The monoisotopic (exact) mass is 474 g/mol. The van der Waals surface area contributed by atoms with Crippen LogP contribution < -0.4 is 0 Å². The second kappa shape index (κ2) is 11.5. The average Bonchev–Trinajstić information content (AvgIpc) is 2.91. The number of likely N-dealkylation sites (tertiary alicyclic amines) is 1. The molecule has 1 fully saturated rings. The van der Waals surface area contributed by atoms with E-state index >= 15 is 0 Å². The fourth-order valence-electron chi connectivity index (χ4n) is 4.34. The van der Waals surface area contributed by atoms with Crippen LogP contribution in [0.5, 0.6) is 0 Å². The quantitative estimate of drug-likeness (QED) is 0.420. The summed E-state index contributed by atoms with van der Waals surface area (Å²) in [6, 6.07) is 18.3. The highest BCUT2D eigenvalue weighted by molar-refractivity contribution is 6.03. The fraction of sp³-hybridized carbons (Fsp3) is 0.286. The molecule has 180 valence electrons. The lowest BCUT2D eigenvalue weighted by Gasteiger charge is -2.31. The molecule has 0 bridgehead atoms. The first kappa shape index (κ1) is 24.3. The van der Waals surface area contributed by atoms with Gasteiger partial charge in [0, 0.05) is 43.4 Å². The standard InChI is InChI=1S/C28H27FN2O4/c29-24-8-6-23(7-9-24)27(33)25(21-10-14-30-15-11-21)18-26(32)22-12-16-31(17-13-22)28(34)35-19-20-4-2-1-3-5-20/h1-11,14-15,22,25H,12-13,16-19H2. The van der Waals surface area contributed by atoms with Crippen molar-refractivity contribution in [2.24, 2.45) is 5.92 Å². The summed E-state index contributed by atoms with van der Waals surface area (Å²) in [4.78, 5) is 44.5. The van der Waals surface area contributed by atoms with Crippen molar-refractivity contribution in [2.45, 2.75) is 31.8 Å². The minimum absolute atomic E-state index is 0.0143. The number of hydrogen-bond donors (Lipinski definition) is 0. The summed E-state index contributed by atoms with van der Waals surface area (Å²) in [7, 11) is 0. The average molecular weight is 475 g/mol. The normalized spacial score (nSPS) is 14.8. The van der Waals surface area contributed by atoms with Gasteiger partial charge in [0.2, 0.25) is 0 Å². The van der Waals surface area contributed by atoms with E-state index in [9.17, 15) is 18.8 Å². The van der Waals surface area contributed by atoms with Crippen molar-refractivity contribution in [1.82, 2.24) is 9.88 Å². The van der Waals surface area contributed by atoms with Crippen LogP contribution in [0.1, 0.15) is 46.7 Å². The largest absolute Gasteiger partial charge is 0.445 e. The first-order chi connectivity index (χ1) is 17.0. The van der Waals surface area contributed by atoms with Crippen molar-refractivity contribution in [3.05, 3.63) is 102 Å². The molecular weight excluding hydrogens is 447 g/mol. The number of hydrogen-bond acceptors (Lipinski definition) is 5. The van der Waals surface area contributed by atoms with Gasteiger partial charge in [-0.3, -0.25) is 14.6 Å². The molecule has 6 nitrogen and oxygen atoms in total. The van der Waals surface area contributed by atoms with Gasteiger partial charge in [0.25, 0.3) is 0 Å². The summed E-state index contributed by atoms with van der Waals surface area (Å²) in [5.41, 5.74) is 1.97. The fourth-order valence-corrected chi connectivity index (χ4v) is 4.34. The molecule has 35 heavy (non-hydrogen) atoms. The molecule has 0 saturated carbocycles. The van der Waals surface area contributed by atoms with E-state index in [2.05, 4.69) is 4.98 Å². The van der Waals surface area contributed by atoms with Crippen molar-refractivity contribution in [1.29, 1.82) is 0 Å². The third kappa shape index (κ3) is 6.38. The van der Waals surface area contributed by atoms with Crippen molar-refractivity contribution in [3.63, 3.8) is 0 Å². The number of Topliss-reactive ketones (excluding diaryl/α,β-unsaturated/α-hetero) is 2. The van der Waals surface area contributed by atoms with Crippen molar-refractivity contribution >= 4 is 17.7 Å². The van der Waals surface area contributed by atoms with Crippen LogP contribution in [0.15, 0.2) is 79.1 Å². The Kier molecular flexibility index (Phi) is 7.98. The smallest absolute Gasteiger partial charge is 0.410 e. The molecule has 3 aromatic rings. The first-order valence-corrected chi connectivity index (χ1v) is 11.7. The number of amides is 1. The Morgan fingerprint density at radius 1 is 0.943 bits per heavy atom. The number of piperidine rings is 1. The van der Waals surface area contributed by atoms with Crippen LogP contribution in [0.4, 0.5) is 9.18 Å². The van der Waals surface area contributed by atoms with Crippen LogP contribution in [0.2, 0.25) is 0 Å². The lowest BCUT2D eigenvalue weighted by molar-refractivity contribution is -0.124. The van der Waals surface area contributed by atoms with E-state index < -0.39 is 11.7 Å². The summed E-state index contributed by atoms with van der Waals surface area (Å²) in [5, 5.41) is 0. The van der Waals surface area contributed by atoms with Gasteiger partial charge >= 0.3 is 6.09 Å². The van der Waals surface area contributed by atoms with E-state index in [4.69, 9.17) is 4.74 Å². The van der Waals surface area contributed by atoms with E-state index in [-0.39, 0.29) is 36.6 Å². The molecule has 0 aliphatic carbocycles. The van der Waals surface area contributed by atoms with Gasteiger partial charge in [0.15, 0.2) is 5.78 Å². The molecule has 2 heterocycles. The maximum atomic E-state index is 13.3. The van der Waals surface area contributed by atoms with Crippen LogP contribution in [-0.4, -0.2) is 40.6 Å². The predicted molar refractivity (Wildman–Crippen MR) is 128 cm³/mol. The molecule has 1 saturated heterocycles. The van der Waals surface area contributed by atoms with Crippen LogP contribution in [0.3, 0.4) is 0 Å².